The fourth-order valence-electron chi connectivity index (χ4n) is 3.24. The minimum Gasteiger partial charge on any atom is -0.444 e. The molecule has 1 atom stereocenters. The van der Waals surface area contributed by atoms with Gasteiger partial charge in [0.15, 0.2) is 0 Å². The monoisotopic (exact) mass is 358 g/mol. The van der Waals surface area contributed by atoms with Gasteiger partial charge in [-0.05, 0) is 40.0 Å². The Labute approximate surface area is 154 Å². The molecule has 3 rings (SSSR count). The lowest BCUT2D eigenvalue weighted by molar-refractivity contribution is 0.0220. The van der Waals surface area contributed by atoms with Crippen molar-refractivity contribution in [3.63, 3.8) is 0 Å². The van der Waals surface area contributed by atoms with Crippen LogP contribution in [0.2, 0.25) is 0 Å². The summed E-state index contributed by atoms with van der Waals surface area (Å²) >= 11 is 0. The Morgan fingerprint density at radius 1 is 1.35 bits per heavy atom. The van der Waals surface area contributed by atoms with Crippen LogP contribution in [-0.2, 0) is 22.4 Å². The summed E-state index contributed by atoms with van der Waals surface area (Å²) in [6, 6.07) is 0.220. The lowest BCUT2D eigenvalue weighted by Gasteiger charge is -2.37. The average Bonchev–Trinajstić information content (AvgIpc) is 2.59. The molecule has 7 nitrogen and oxygen atoms in total. The third-order valence-corrected chi connectivity index (χ3v) is 4.46. The van der Waals surface area contributed by atoms with Crippen LogP contribution in [0.25, 0.3) is 0 Å². The Balaban J connectivity index is 1.90. The largest absolute Gasteiger partial charge is 0.444 e. The average molecular weight is 358 g/mol. The third kappa shape index (κ3) is 3.91. The number of ether oxygens (including phenoxy) is 2. The van der Waals surface area contributed by atoms with E-state index in [1.165, 1.54) is 0 Å². The zero-order chi connectivity index (χ0) is 18.9. The van der Waals surface area contributed by atoms with E-state index >= 15 is 0 Å². The van der Waals surface area contributed by atoms with Gasteiger partial charge in [0.25, 0.3) is 0 Å². The number of anilines is 1. The van der Waals surface area contributed by atoms with Gasteiger partial charge in [-0.3, -0.25) is 0 Å². The first-order valence-corrected chi connectivity index (χ1v) is 8.97. The van der Waals surface area contributed by atoms with Gasteiger partial charge in [-0.25, -0.2) is 14.8 Å². The van der Waals surface area contributed by atoms with Crippen molar-refractivity contribution >= 4 is 11.9 Å². The van der Waals surface area contributed by atoms with Gasteiger partial charge in [0.05, 0.1) is 31.5 Å². The molecule has 7 heteroatoms. The molecule has 3 heterocycles. The van der Waals surface area contributed by atoms with E-state index in [2.05, 4.69) is 27.7 Å². The van der Waals surface area contributed by atoms with E-state index in [0.29, 0.717) is 38.5 Å². The topological polar surface area (TPSA) is 67.8 Å². The molecule has 0 aromatic carbocycles. The summed E-state index contributed by atoms with van der Waals surface area (Å²) in [5, 5.41) is 0. The number of terminal acetylenes is 1. The fraction of sp³-hybridized carbons (Fsp3) is 0.632. The molecule has 26 heavy (non-hydrogen) atoms. The molecule has 1 saturated heterocycles. The van der Waals surface area contributed by atoms with Crippen molar-refractivity contribution in [2.24, 2.45) is 0 Å². The molecule has 0 unspecified atom stereocenters. The van der Waals surface area contributed by atoms with Crippen molar-refractivity contribution in [1.29, 1.82) is 0 Å². The van der Waals surface area contributed by atoms with E-state index in [-0.39, 0.29) is 12.1 Å². The Hall–Kier alpha value is -2.33. The van der Waals surface area contributed by atoms with E-state index in [0.717, 1.165) is 23.6 Å². The molecule has 0 bridgehead atoms. The van der Waals surface area contributed by atoms with Gasteiger partial charge in [0.2, 0.25) is 5.82 Å². The Kier molecular flexibility index (Phi) is 5.05. The number of hydrogen-bond donors (Lipinski definition) is 0. The first-order valence-electron chi connectivity index (χ1n) is 8.97. The molecule has 1 fully saturated rings. The highest BCUT2D eigenvalue weighted by Crippen LogP contribution is 2.29. The van der Waals surface area contributed by atoms with Gasteiger partial charge in [-0.2, -0.15) is 0 Å². The highest BCUT2D eigenvalue weighted by molar-refractivity contribution is 5.69. The number of carbonyl (C=O) groups is 1. The maximum Gasteiger partial charge on any atom is 0.410 e. The zero-order valence-corrected chi connectivity index (χ0v) is 15.9. The van der Waals surface area contributed by atoms with Gasteiger partial charge in [-0.15, -0.1) is 6.42 Å². The number of nitrogens with zero attached hydrogens (tertiary/aromatic N) is 4. The summed E-state index contributed by atoms with van der Waals surface area (Å²) in [5.74, 6) is 3.77. The number of carbonyl (C=O) groups excluding carboxylic acids is 1. The molecule has 2 aliphatic rings. The Bertz CT molecular complexity index is 736. The molecule has 0 radical (unpaired) electrons. The number of morpholine rings is 1. The molecule has 0 aliphatic carbocycles. The summed E-state index contributed by atoms with van der Waals surface area (Å²) in [6.45, 7) is 10.7. The number of amides is 1. The summed E-state index contributed by atoms with van der Waals surface area (Å²) in [5.41, 5.74) is 1.35. The molecule has 1 amide bonds. The van der Waals surface area contributed by atoms with Crippen LogP contribution in [0.15, 0.2) is 0 Å². The second-order valence-corrected chi connectivity index (χ2v) is 7.71. The van der Waals surface area contributed by atoms with Crippen LogP contribution in [0.4, 0.5) is 10.6 Å². The van der Waals surface area contributed by atoms with Crippen molar-refractivity contribution in [2.75, 3.05) is 31.2 Å². The predicted molar refractivity (Wildman–Crippen MR) is 97.9 cm³/mol. The molecular formula is C19H26N4O3. The number of rotatable bonds is 1. The fourth-order valence-corrected chi connectivity index (χ4v) is 3.24. The van der Waals surface area contributed by atoms with Crippen molar-refractivity contribution in [2.45, 2.75) is 52.3 Å². The van der Waals surface area contributed by atoms with E-state index in [9.17, 15) is 4.79 Å². The van der Waals surface area contributed by atoms with Crippen LogP contribution in [0.1, 0.15) is 44.8 Å². The highest BCUT2D eigenvalue weighted by Gasteiger charge is 2.31. The molecule has 0 spiro atoms. The maximum absolute atomic E-state index is 12.4. The van der Waals surface area contributed by atoms with E-state index in [4.69, 9.17) is 15.9 Å². The predicted octanol–water partition coefficient (Wildman–Crippen LogP) is 1.98. The number of fused-ring (bicyclic) bond motifs is 1. The standard InChI is InChI=1S/C19H26N4O3/c1-6-16-20-15-11-22(18(24)26-19(3,4)5)8-7-14(15)17(21-16)23-9-10-25-12-13(23)2/h1,13H,7-12H2,2-5H3/t13-/m0/s1. The van der Waals surface area contributed by atoms with Crippen LogP contribution in [0, 0.1) is 12.3 Å². The molecule has 140 valence electrons. The molecule has 1 aromatic rings. The molecule has 1 aromatic heterocycles. The molecule has 0 saturated carbocycles. The maximum atomic E-state index is 12.4. The third-order valence-electron chi connectivity index (χ3n) is 4.46. The van der Waals surface area contributed by atoms with Gasteiger partial charge in [-0.1, -0.05) is 0 Å². The SMILES string of the molecule is C#Cc1nc2c(c(N3CCOC[C@@H]3C)n1)CCN(C(=O)OC(C)(C)C)C2. The first-order chi connectivity index (χ1) is 12.3. The lowest BCUT2D eigenvalue weighted by atomic mass is 10.0. The number of aromatic nitrogens is 2. The van der Waals surface area contributed by atoms with Crippen LogP contribution in [0.3, 0.4) is 0 Å². The van der Waals surface area contributed by atoms with Crippen molar-refractivity contribution < 1.29 is 14.3 Å². The Morgan fingerprint density at radius 2 is 2.12 bits per heavy atom. The summed E-state index contributed by atoms with van der Waals surface area (Å²) in [7, 11) is 0. The second kappa shape index (κ2) is 7.12. The summed E-state index contributed by atoms with van der Waals surface area (Å²) < 4.78 is 11.0. The van der Waals surface area contributed by atoms with E-state index < -0.39 is 5.60 Å². The van der Waals surface area contributed by atoms with E-state index in [1.54, 1.807) is 4.90 Å². The lowest BCUT2D eigenvalue weighted by Crippen LogP contribution is -2.46. The molecular weight excluding hydrogens is 332 g/mol. The summed E-state index contributed by atoms with van der Waals surface area (Å²) in [4.78, 5) is 25.4. The van der Waals surface area contributed by atoms with E-state index in [1.807, 2.05) is 20.8 Å². The van der Waals surface area contributed by atoms with Crippen molar-refractivity contribution in [3.8, 4) is 12.3 Å². The first kappa shape index (κ1) is 18.5. The van der Waals surface area contributed by atoms with Gasteiger partial charge in [0.1, 0.15) is 11.4 Å². The second-order valence-electron chi connectivity index (χ2n) is 7.71. The normalized spacial score (nSPS) is 20.3. The minimum atomic E-state index is -0.526. The van der Waals surface area contributed by atoms with Gasteiger partial charge in [0, 0.05) is 18.7 Å². The zero-order valence-electron chi connectivity index (χ0n) is 15.9. The highest BCUT2D eigenvalue weighted by atomic mass is 16.6. The summed E-state index contributed by atoms with van der Waals surface area (Å²) in [6.07, 6.45) is 5.92. The number of hydrogen-bond acceptors (Lipinski definition) is 6. The van der Waals surface area contributed by atoms with Crippen LogP contribution in [-0.4, -0.2) is 58.9 Å². The minimum absolute atomic E-state index is 0.220. The van der Waals surface area contributed by atoms with Crippen molar-refractivity contribution in [1.82, 2.24) is 14.9 Å². The molecule has 2 aliphatic heterocycles. The molecule has 0 N–H and O–H groups in total. The van der Waals surface area contributed by atoms with Crippen LogP contribution >= 0.6 is 0 Å². The van der Waals surface area contributed by atoms with Crippen LogP contribution < -0.4 is 4.90 Å². The Morgan fingerprint density at radius 3 is 2.77 bits per heavy atom. The van der Waals surface area contributed by atoms with Crippen molar-refractivity contribution in [3.05, 3.63) is 17.1 Å². The smallest absolute Gasteiger partial charge is 0.410 e. The quantitative estimate of drug-likeness (QED) is 0.715. The van der Waals surface area contributed by atoms with Gasteiger partial charge >= 0.3 is 6.09 Å². The van der Waals surface area contributed by atoms with Crippen LogP contribution in [0.5, 0.6) is 0 Å². The van der Waals surface area contributed by atoms with Gasteiger partial charge < -0.3 is 19.3 Å².